The maximum absolute atomic E-state index is 13.2. The number of benzene rings is 3. The van der Waals surface area contributed by atoms with Gasteiger partial charge >= 0.3 is 0 Å². The van der Waals surface area contributed by atoms with Gasteiger partial charge in [-0.1, -0.05) is 42.5 Å². The van der Waals surface area contributed by atoms with E-state index in [1.165, 1.54) is 0 Å². The molecule has 2 aliphatic heterocycles. The molecule has 0 unspecified atom stereocenters. The molecule has 0 bridgehead atoms. The maximum atomic E-state index is 13.2. The minimum absolute atomic E-state index is 0.254. The van der Waals surface area contributed by atoms with Gasteiger partial charge in [0.25, 0.3) is 11.1 Å². The molecule has 2 saturated heterocycles. The van der Waals surface area contributed by atoms with Gasteiger partial charge in [0.2, 0.25) is 5.91 Å². The zero-order valence-corrected chi connectivity index (χ0v) is 21.3. The lowest BCUT2D eigenvalue weighted by atomic mass is 10.0. The lowest BCUT2D eigenvalue weighted by molar-refractivity contribution is -0.127. The molecule has 0 atom stereocenters. The van der Waals surface area contributed by atoms with Crippen molar-refractivity contribution >= 4 is 57.0 Å². The van der Waals surface area contributed by atoms with Crippen molar-refractivity contribution in [2.24, 2.45) is 0 Å². The molecule has 0 saturated carbocycles. The number of nitrogens with zero attached hydrogens (tertiary/aromatic N) is 2. The number of fused-ring (bicyclic) bond motifs is 1. The molecular weight excluding hydrogens is 490 g/mol. The molecule has 8 nitrogen and oxygen atoms in total. The molecular formula is C28H27N3O5S. The predicted octanol–water partition coefficient (Wildman–Crippen LogP) is 4.75. The van der Waals surface area contributed by atoms with E-state index in [0.29, 0.717) is 31.3 Å². The van der Waals surface area contributed by atoms with Crippen LogP contribution >= 0.6 is 11.8 Å². The van der Waals surface area contributed by atoms with Crippen LogP contribution in [0, 0.1) is 0 Å². The Balaban J connectivity index is 1.35. The third-order valence-corrected chi connectivity index (χ3v) is 7.12. The summed E-state index contributed by atoms with van der Waals surface area (Å²) in [6.07, 6.45) is 1.68. The van der Waals surface area contributed by atoms with Crippen LogP contribution in [0.4, 0.5) is 16.2 Å². The molecule has 190 valence electrons. The lowest BCUT2D eigenvalue weighted by Gasteiger charge is -2.30. The Bertz CT molecular complexity index is 1380. The molecule has 0 radical (unpaired) electrons. The number of amides is 3. The highest BCUT2D eigenvalue weighted by molar-refractivity contribution is 8.18. The minimum atomic E-state index is -0.498. The fraction of sp³-hybridized carbons (Fsp3) is 0.250. The summed E-state index contributed by atoms with van der Waals surface area (Å²) >= 11 is 0.827. The molecule has 9 heteroatoms. The van der Waals surface area contributed by atoms with Gasteiger partial charge in [-0.05, 0) is 53.7 Å². The molecule has 3 aromatic rings. The van der Waals surface area contributed by atoms with Gasteiger partial charge in [-0.3, -0.25) is 19.3 Å². The van der Waals surface area contributed by atoms with Crippen LogP contribution in [-0.2, 0) is 14.3 Å². The van der Waals surface area contributed by atoms with Gasteiger partial charge in [-0.25, -0.2) is 0 Å². The lowest BCUT2D eigenvalue weighted by Crippen LogP contribution is -2.38. The fourth-order valence-electron chi connectivity index (χ4n) is 4.47. The number of nitrogens with one attached hydrogen (secondary N) is 1. The average molecular weight is 518 g/mol. The molecule has 2 fully saturated rings. The van der Waals surface area contributed by atoms with Gasteiger partial charge in [0.15, 0.2) is 0 Å². The highest BCUT2D eigenvalue weighted by Gasteiger charge is 2.36. The van der Waals surface area contributed by atoms with Crippen LogP contribution in [-0.4, -0.2) is 61.4 Å². The van der Waals surface area contributed by atoms with Gasteiger partial charge in [-0.15, -0.1) is 0 Å². The van der Waals surface area contributed by atoms with Crippen molar-refractivity contribution in [1.82, 2.24) is 4.90 Å². The molecule has 0 aromatic heterocycles. The molecule has 3 aromatic carbocycles. The van der Waals surface area contributed by atoms with Crippen molar-refractivity contribution < 1.29 is 23.9 Å². The summed E-state index contributed by atoms with van der Waals surface area (Å²) in [5, 5.41) is 4.30. The Hall–Kier alpha value is -3.82. The number of carbonyl (C=O) groups is 3. The number of rotatable bonds is 7. The van der Waals surface area contributed by atoms with Gasteiger partial charge in [-0.2, -0.15) is 0 Å². The summed E-state index contributed by atoms with van der Waals surface area (Å²) in [7, 11) is 0. The van der Waals surface area contributed by atoms with Crippen LogP contribution in [0.5, 0.6) is 5.75 Å². The zero-order valence-electron chi connectivity index (χ0n) is 20.4. The van der Waals surface area contributed by atoms with Crippen LogP contribution in [0.15, 0.2) is 65.6 Å². The zero-order chi connectivity index (χ0) is 25.8. The van der Waals surface area contributed by atoms with E-state index < -0.39 is 17.1 Å². The average Bonchev–Trinajstić information content (AvgIpc) is 3.18. The van der Waals surface area contributed by atoms with E-state index >= 15 is 0 Å². The Morgan fingerprint density at radius 2 is 1.81 bits per heavy atom. The SMILES string of the molecule is CCOc1ccc2ccccc2c1/C=C1/SC(=O)N(CC(=O)Nc2ccccc2N2CCOCC2)C1=O. The molecule has 5 rings (SSSR count). The number of carbonyl (C=O) groups excluding carboxylic acids is 3. The highest BCUT2D eigenvalue weighted by Crippen LogP contribution is 2.37. The Morgan fingerprint density at radius 3 is 2.62 bits per heavy atom. The molecule has 0 spiro atoms. The van der Waals surface area contributed by atoms with Crippen LogP contribution in [0.3, 0.4) is 0 Å². The van der Waals surface area contributed by atoms with Gasteiger partial charge < -0.3 is 19.7 Å². The van der Waals surface area contributed by atoms with Gasteiger partial charge in [0, 0.05) is 18.7 Å². The van der Waals surface area contributed by atoms with Crippen molar-refractivity contribution in [3.63, 3.8) is 0 Å². The standard InChI is InChI=1S/C28H27N3O5S/c1-2-36-24-12-11-19-7-3-4-8-20(19)21(24)17-25-27(33)31(28(34)37-25)18-26(32)29-22-9-5-6-10-23(22)30-13-15-35-16-14-30/h3-12,17H,2,13-16,18H2,1H3,(H,29,32)/b25-17+. The van der Waals surface area contributed by atoms with Crippen molar-refractivity contribution in [2.75, 3.05) is 49.7 Å². The monoisotopic (exact) mass is 517 g/mol. The van der Waals surface area contributed by atoms with Gasteiger partial charge in [0.05, 0.1) is 36.1 Å². The number of hydrogen-bond donors (Lipinski definition) is 1. The van der Waals surface area contributed by atoms with Crippen molar-refractivity contribution in [1.29, 1.82) is 0 Å². The predicted molar refractivity (Wildman–Crippen MR) is 146 cm³/mol. The van der Waals surface area contributed by atoms with E-state index in [1.807, 2.05) is 67.6 Å². The Labute approximate surface area is 219 Å². The largest absolute Gasteiger partial charge is 0.493 e. The van der Waals surface area contributed by atoms with E-state index in [0.717, 1.165) is 51.8 Å². The summed E-state index contributed by atoms with van der Waals surface area (Å²) in [5.74, 6) is -0.308. The number of para-hydroxylation sites is 2. The number of morpholine rings is 1. The van der Waals surface area contributed by atoms with Crippen LogP contribution in [0.1, 0.15) is 12.5 Å². The summed E-state index contributed by atoms with van der Waals surface area (Å²) in [4.78, 5) is 42.3. The van der Waals surface area contributed by atoms with E-state index in [2.05, 4.69) is 10.2 Å². The third-order valence-electron chi connectivity index (χ3n) is 6.21. The van der Waals surface area contributed by atoms with E-state index in [4.69, 9.17) is 9.47 Å². The summed E-state index contributed by atoms with van der Waals surface area (Å²) in [6, 6.07) is 19.1. The van der Waals surface area contributed by atoms with Crippen LogP contribution in [0.25, 0.3) is 16.8 Å². The molecule has 2 heterocycles. The smallest absolute Gasteiger partial charge is 0.294 e. The first-order chi connectivity index (χ1) is 18.0. The van der Waals surface area contributed by atoms with Crippen molar-refractivity contribution in [3.05, 3.63) is 71.1 Å². The maximum Gasteiger partial charge on any atom is 0.294 e. The van der Waals surface area contributed by atoms with E-state index in [9.17, 15) is 14.4 Å². The van der Waals surface area contributed by atoms with E-state index in [-0.39, 0.29) is 11.4 Å². The minimum Gasteiger partial charge on any atom is -0.493 e. The number of hydrogen-bond acceptors (Lipinski definition) is 7. The number of anilines is 2. The number of imide groups is 1. The van der Waals surface area contributed by atoms with Crippen LogP contribution < -0.4 is 15.0 Å². The molecule has 37 heavy (non-hydrogen) atoms. The van der Waals surface area contributed by atoms with Gasteiger partial charge in [0.1, 0.15) is 12.3 Å². The first kappa shape index (κ1) is 24.9. The second kappa shape index (κ2) is 11.1. The topological polar surface area (TPSA) is 88.2 Å². The summed E-state index contributed by atoms with van der Waals surface area (Å²) in [6.45, 7) is 4.67. The molecule has 2 aliphatic rings. The first-order valence-electron chi connectivity index (χ1n) is 12.2. The quantitative estimate of drug-likeness (QED) is 0.453. The van der Waals surface area contributed by atoms with Crippen LogP contribution in [0.2, 0.25) is 0 Å². The second-order valence-electron chi connectivity index (χ2n) is 8.56. The number of thioether (sulfide) groups is 1. The summed E-state index contributed by atoms with van der Waals surface area (Å²) < 4.78 is 11.2. The third kappa shape index (κ3) is 5.33. The number of ether oxygens (including phenoxy) is 2. The molecule has 1 N–H and O–H groups in total. The second-order valence-corrected chi connectivity index (χ2v) is 9.56. The molecule has 0 aliphatic carbocycles. The fourth-order valence-corrected chi connectivity index (χ4v) is 5.29. The Kier molecular flexibility index (Phi) is 7.43. The highest BCUT2D eigenvalue weighted by atomic mass is 32.2. The summed E-state index contributed by atoms with van der Waals surface area (Å²) in [5.41, 5.74) is 2.25. The van der Waals surface area contributed by atoms with Crippen molar-refractivity contribution in [3.8, 4) is 5.75 Å². The molecule has 3 amide bonds. The van der Waals surface area contributed by atoms with Crippen molar-refractivity contribution in [2.45, 2.75) is 6.92 Å². The first-order valence-corrected chi connectivity index (χ1v) is 13.0. The normalized spacial score (nSPS) is 17.1. The van der Waals surface area contributed by atoms with E-state index in [1.54, 1.807) is 6.08 Å². The Morgan fingerprint density at radius 1 is 1.05 bits per heavy atom.